The van der Waals surface area contributed by atoms with Crippen molar-refractivity contribution in [1.29, 1.82) is 0 Å². The third-order valence-electron chi connectivity index (χ3n) is 4.46. The van der Waals surface area contributed by atoms with E-state index >= 15 is 0 Å². The second-order valence-corrected chi connectivity index (χ2v) is 8.23. The minimum Gasteiger partial charge on any atom is -0.508 e. The first-order valence-corrected chi connectivity index (χ1v) is 10.3. The Kier molecular flexibility index (Phi) is 5.61. The van der Waals surface area contributed by atoms with Crippen LogP contribution in [0, 0.1) is 13.8 Å². The molecule has 0 fully saturated rings. The molecule has 29 heavy (non-hydrogen) atoms. The first-order chi connectivity index (χ1) is 13.7. The molecule has 0 aliphatic heterocycles. The Morgan fingerprint density at radius 2 is 1.55 bits per heavy atom. The van der Waals surface area contributed by atoms with Crippen molar-refractivity contribution in [3.8, 4) is 11.5 Å². The summed E-state index contributed by atoms with van der Waals surface area (Å²) in [4.78, 5) is 14.2. The molecule has 0 saturated carbocycles. The van der Waals surface area contributed by atoms with Gasteiger partial charge in [-0.2, -0.15) is 8.42 Å². The molecule has 3 rings (SSSR count). The predicted octanol–water partition coefficient (Wildman–Crippen LogP) is 4.05. The number of hydrogen-bond donors (Lipinski definition) is 1. The lowest BCUT2D eigenvalue weighted by molar-refractivity contribution is 0.0993. The number of phenols is 1. The van der Waals surface area contributed by atoms with E-state index in [0.29, 0.717) is 16.8 Å². The zero-order valence-corrected chi connectivity index (χ0v) is 17.1. The second kappa shape index (κ2) is 7.97. The highest BCUT2D eigenvalue weighted by molar-refractivity contribution is 7.87. The van der Waals surface area contributed by atoms with Gasteiger partial charge in [-0.1, -0.05) is 12.1 Å². The van der Waals surface area contributed by atoms with Crippen LogP contribution in [0.15, 0.2) is 71.6 Å². The molecule has 150 valence electrons. The van der Waals surface area contributed by atoms with E-state index in [-0.39, 0.29) is 22.3 Å². The van der Waals surface area contributed by atoms with Crippen molar-refractivity contribution >= 4 is 21.7 Å². The van der Waals surface area contributed by atoms with E-state index in [9.17, 15) is 18.3 Å². The molecule has 0 spiro atoms. The maximum absolute atomic E-state index is 12.6. The summed E-state index contributed by atoms with van der Waals surface area (Å²) in [7, 11) is -2.37. The summed E-state index contributed by atoms with van der Waals surface area (Å²) in [6, 6.07) is 17.3. The fourth-order valence-electron chi connectivity index (χ4n) is 2.79. The Bertz CT molecular complexity index is 1140. The van der Waals surface area contributed by atoms with Gasteiger partial charge in [-0.25, -0.2) is 0 Å². The molecule has 0 saturated heterocycles. The first-order valence-electron chi connectivity index (χ1n) is 8.86. The number of rotatable bonds is 5. The van der Waals surface area contributed by atoms with Crippen molar-refractivity contribution in [3.63, 3.8) is 0 Å². The zero-order valence-electron chi connectivity index (χ0n) is 16.3. The topological polar surface area (TPSA) is 83.9 Å². The van der Waals surface area contributed by atoms with Crippen LogP contribution in [-0.2, 0) is 10.1 Å². The number of hydrogen-bond acceptors (Lipinski definition) is 5. The number of aryl methyl sites for hydroxylation is 2. The Labute approximate surface area is 170 Å². The van der Waals surface area contributed by atoms with Crippen molar-refractivity contribution in [1.82, 2.24) is 0 Å². The number of phenolic OH excluding ortho intramolecular Hbond substituents is 1. The van der Waals surface area contributed by atoms with Crippen LogP contribution in [-0.4, -0.2) is 26.5 Å². The molecule has 0 aliphatic carbocycles. The molecule has 0 atom stereocenters. The first kappa shape index (κ1) is 20.4. The van der Waals surface area contributed by atoms with Crippen molar-refractivity contribution < 1.29 is 22.5 Å². The van der Waals surface area contributed by atoms with Crippen molar-refractivity contribution in [2.75, 3.05) is 11.9 Å². The smallest absolute Gasteiger partial charge is 0.339 e. The number of amides is 1. The van der Waals surface area contributed by atoms with Gasteiger partial charge in [0.05, 0.1) is 0 Å². The summed E-state index contributed by atoms with van der Waals surface area (Å²) in [5, 5.41) is 9.37. The Morgan fingerprint density at radius 1 is 0.931 bits per heavy atom. The van der Waals surface area contributed by atoms with Gasteiger partial charge in [0.2, 0.25) is 0 Å². The van der Waals surface area contributed by atoms with Crippen LogP contribution < -0.4 is 9.08 Å². The number of carbonyl (C=O) groups excluding carboxylic acids is 1. The van der Waals surface area contributed by atoms with Gasteiger partial charge in [-0.15, -0.1) is 0 Å². The monoisotopic (exact) mass is 411 g/mol. The maximum atomic E-state index is 12.6. The van der Waals surface area contributed by atoms with E-state index in [4.69, 9.17) is 4.18 Å². The molecule has 7 heteroatoms. The molecule has 0 bridgehead atoms. The summed E-state index contributed by atoms with van der Waals surface area (Å²) in [6.45, 7) is 3.51. The molecule has 0 aromatic heterocycles. The third kappa shape index (κ3) is 4.57. The molecule has 3 aromatic rings. The summed E-state index contributed by atoms with van der Waals surface area (Å²) in [6.07, 6.45) is 0. The van der Waals surface area contributed by atoms with Gasteiger partial charge in [0.15, 0.2) is 0 Å². The summed E-state index contributed by atoms with van der Waals surface area (Å²) < 4.78 is 30.4. The number of nitrogens with zero attached hydrogens (tertiary/aromatic N) is 1. The van der Waals surface area contributed by atoms with E-state index in [1.54, 1.807) is 38.2 Å². The van der Waals surface area contributed by atoms with E-state index in [1.807, 2.05) is 13.0 Å². The summed E-state index contributed by atoms with van der Waals surface area (Å²) in [5.41, 5.74) is 2.40. The van der Waals surface area contributed by atoms with Crippen molar-refractivity contribution in [2.24, 2.45) is 0 Å². The lowest BCUT2D eigenvalue weighted by Crippen LogP contribution is -2.26. The number of anilines is 1. The van der Waals surface area contributed by atoms with Gasteiger partial charge in [0, 0.05) is 18.3 Å². The lowest BCUT2D eigenvalue weighted by atomic mass is 10.2. The number of benzene rings is 3. The third-order valence-corrected chi connectivity index (χ3v) is 5.85. The molecule has 0 unspecified atom stereocenters. The fraction of sp³-hybridized carbons (Fsp3) is 0.136. The van der Waals surface area contributed by atoms with Gasteiger partial charge in [0.1, 0.15) is 16.4 Å². The quantitative estimate of drug-likeness (QED) is 0.640. The van der Waals surface area contributed by atoms with Gasteiger partial charge < -0.3 is 14.2 Å². The molecule has 3 aromatic carbocycles. The Hall–Kier alpha value is -3.32. The van der Waals surface area contributed by atoms with Gasteiger partial charge in [-0.3, -0.25) is 4.79 Å². The molecule has 1 amide bonds. The van der Waals surface area contributed by atoms with E-state index in [2.05, 4.69) is 0 Å². The molecule has 1 N–H and O–H groups in total. The minimum absolute atomic E-state index is 0.112. The average Bonchev–Trinajstić information content (AvgIpc) is 2.69. The minimum atomic E-state index is -3.98. The molecular weight excluding hydrogens is 390 g/mol. The van der Waals surface area contributed by atoms with Gasteiger partial charge in [0.25, 0.3) is 5.91 Å². The normalized spacial score (nSPS) is 11.1. The van der Waals surface area contributed by atoms with Crippen LogP contribution in [0.25, 0.3) is 0 Å². The second-order valence-electron chi connectivity index (χ2n) is 6.71. The molecule has 0 aliphatic rings. The highest BCUT2D eigenvalue weighted by Crippen LogP contribution is 2.24. The lowest BCUT2D eigenvalue weighted by Gasteiger charge is -2.17. The highest BCUT2D eigenvalue weighted by Gasteiger charge is 2.20. The maximum Gasteiger partial charge on any atom is 0.339 e. The van der Waals surface area contributed by atoms with Gasteiger partial charge >= 0.3 is 10.1 Å². The molecule has 6 nitrogen and oxygen atoms in total. The standard InChI is InChI=1S/C22H21NO5S/c1-15-4-5-16(2)21(14-15)29(26,27)28-20-12-6-17(7-13-20)22(25)23(3)18-8-10-19(24)11-9-18/h4-14,24H,1-3H3. The molecule has 0 radical (unpaired) electrons. The Morgan fingerprint density at radius 3 is 2.17 bits per heavy atom. The van der Waals surface area contributed by atoms with Crippen LogP contribution in [0.1, 0.15) is 21.5 Å². The summed E-state index contributed by atoms with van der Waals surface area (Å²) >= 11 is 0. The molecule has 0 heterocycles. The fourth-order valence-corrected chi connectivity index (χ4v) is 4.04. The van der Waals surface area contributed by atoms with Crippen LogP contribution in [0.2, 0.25) is 0 Å². The van der Waals surface area contributed by atoms with Crippen LogP contribution >= 0.6 is 0 Å². The predicted molar refractivity (Wildman–Crippen MR) is 111 cm³/mol. The van der Waals surface area contributed by atoms with E-state index in [1.165, 1.54) is 41.3 Å². The van der Waals surface area contributed by atoms with Crippen molar-refractivity contribution in [2.45, 2.75) is 18.7 Å². The number of aromatic hydroxyl groups is 1. The van der Waals surface area contributed by atoms with Gasteiger partial charge in [-0.05, 0) is 79.6 Å². The van der Waals surface area contributed by atoms with Crippen LogP contribution in [0.3, 0.4) is 0 Å². The van der Waals surface area contributed by atoms with E-state index < -0.39 is 10.1 Å². The number of carbonyl (C=O) groups is 1. The highest BCUT2D eigenvalue weighted by atomic mass is 32.2. The SMILES string of the molecule is Cc1ccc(C)c(S(=O)(=O)Oc2ccc(C(=O)N(C)c3ccc(O)cc3)cc2)c1. The Balaban J connectivity index is 1.78. The summed E-state index contributed by atoms with van der Waals surface area (Å²) in [5.74, 6) is -0.0458. The largest absolute Gasteiger partial charge is 0.508 e. The molecular formula is C22H21NO5S. The van der Waals surface area contributed by atoms with Crippen LogP contribution in [0.4, 0.5) is 5.69 Å². The average molecular weight is 411 g/mol. The zero-order chi connectivity index (χ0) is 21.2. The van der Waals surface area contributed by atoms with Crippen LogP contribution in [0.5, 0.6) is 11.5 Å². The van der Waals surface area contributed by atoms with Crippen molar-refractivity contribution in [3.05, 3.63) is 83.4 Å². The van der Waals surface area contributed by atoms with E-state index in [0.717, 1.165) is 5.56 Å².